The molecular weight excluding hydrogens is 250 g/mol. The van der Waals surface area contributed by atoms with Crippen LogP contribution >= 0.6 is 0 Å². The Hall–Kier alpha value is -2.24. The van der Waals surface area contributed by atoms with Gasteiger partial charge in [-0.2, -0.15) is 0 Å². The molecule has 6 heteroatoms. The zero-order valence-corrected chi connectivity index (χ0v) is 11.4. The smallest absolute Gasteiger partial charge is 0.328 e. The number of benzene rings is 1. The van der Waals surface area contributed by atoms with Crippen LogP contribution in [0, 0.1) is 0 Å². The van der Waals surface area contributed by atoms with Gasteiger partial charge in [0.2, 0.25) is 0 Å². The number of carbonyl (C=O) groups is 2. The monoisotopic (exact) mass is 267 g/mol. The first-order chi connectivity index (χ1) is 9.01. The van der Waals surface area contributed by atoms with Gasteiger partial charge in [0.25, 0.3) is 5.91 Å². The van der Waals surface area contributed by atoms with Gasteiger partial charge < -0.3 is 19.5 Å². The van der Waals surface area contributed by atoms with Crippen molar-refractivity contribution in [2.24, 2.45) is 0 Å². The molecule has 19 heavy (non-hydrogen) atoms. The van der Waals surface area contributed by atoms with E-state index in [1.54, 1.807) is 25.1 Å². The van der Waals surface area contributed by atoms with Crippen molar-refractivity contribution in [3.8, 4) is 11.5 Å². The molecule has 1 aromatic carbocycles. The van der Waals surface area contributed by atoms with E-state index in [2.05, 4.69) is 10.1 Å². The topological polar surface area (TPSA) is 73.9 Å². The average Bonchev–Trinajstić information content (AvgIpc) is 2.45. The number of esters is 1. The molecule has 0 fully saturated rings. The van der Waals surface area contributed by atoms with E-state index in [1.165, 1.54) is 21.3 Å². The molecule has 0 spiro atoms. The first kappa shape index (κ1) is 14.8. The summed E-state index contributed by atoms with van der Waals surface area (Å²) in [6.45, 7) is 1.54. The fourth-order valence-corrected chi connectivity index (χ4v) is 1.45. The summed E-state index contributed by atoms with van der Waals surface area (Å²) in [5, 5.41) is 2.52. The molecule has 0 unspecified atom stereocenters. The number of hydrogen-bond donors (Lipinski definition) is 1. The summed E-state index contributed by atoms with van der Waals surface area (Å²) in [6.07, 6.45) is 0. The van der Waals surface area contributed by atoms with Crippen molar-refractivity contribution in [1.82, 2.24) is 5.32 Å². The van der Waals surface area contributed by atoms with E-state index in [0.29, 0.717) is 17.1 Å². The lowest BCUT2D eigenvalue weighted by molar-refractivity contribution is -0.142. The molecular formula is C13H17NO5. The predicted molar refractivity (Wildman–Crippen MR) is 68.5 cm³/mol. The van der Waals surface area contributed by atoms with Crippen LogP contribution in [0.4, 0.5) is 0 Å². The molecule has 0 bridgehead atoms. The standard InChI is InChI=1S/C13H17NO5/c1-8(13(16)19-4)14-12(15)9-5-10(17-2)7-11(6-9)18-3/h5-8H,1-4H3,(H,14,15)/t8-/m1/s1. The minimum atomic E-state index is -0.727. The SMILES string of the molecule is COC(=O)[C@@H](C)NC(=O)c1cc(OC)cc(OC)c1. The second kappa shape index (κ2) is 6.63. The Morgan fingerprint density at radius 3 is 2.00 bits per heavy atom. The second-order valence-corrected chi connectivity index (χ2v) is 3.82. The van der Waals surface area contributed by atoms with Gasteiger partial charge in [-0.15, -0.1) is 0 Å². The zero-order valence-electron chi connectivity index (χ0n) is 11.4. The lowest BCUT2D eigenvalue weighted by atomic mass is 10.1. The van der Waals surface area contributed by atoms with Crippen LogP contribution in [0.5, 0.6) is 11.5 Å². The van der Waals surface area contributed by atoms with Gasteiger partial charge in [-0.3, -0.25) is 4.79 Å². The maximum absolute atomic E-state index is 12.0. The van der Waals surface area contributed by atoms with Crippen LogP contribution in [0.2, 0.25) is 0 Å². The molecule has 104 valence electrons. The van der Waals surface area contributed by atoms with E-state index < -0.39 is 17.9 Å². The Morgan fingerprint density at radius 2 is 1.58 bits per heavy atom. The normalized spacial score (nSPS) is 11.4. The van der Waals surface area contributed by atoms with Gasteiger partial charge in [0.1, 0.15) is 17.5 Å². The zero-order chi connectivity index (χ0) is 14.4. The molecule has 0 aliphatic rings. The molecule has 0 radical (unpaired) electrons. The van der Waals surface area contributed by atoms with Crippen molar-refractivity contribution < 1.29 is 23.8 Å². The first-order valence-electron chi connectivity index (χ1n) is 5.63. The quantitative estimate of drug-likeness (QED) is 0.805. The van der Waals surface area contributed by atoms with Crippen molar-refractivity contribution in [1.29, 1.82) is 0 Å². The lowest BCUT2D eigenvalue weighted by Gasteiger charge is -2.13. The molecule has 0 aliphatic heterocycles. The summed E-state index contributed by atoms with van der Waals surface area (Å²) in [5.41, 5.74) is 0.340. The van der Waals surface area contributed by atoms with Crippen LogP contribution in [0.3, 0.4) is 0 Å². The number of amides is 1. The van der Waals surface area contributed by atoms with Crippen LogP contribution in [0.1, 0.15) is 17.3 Å². The van der Waals surface area contributed by atoms with Gasteiger partial charge in [-0.05, 0) is 19.1 Å². The predicted octanol–water partition coefficient (Wildman–Crippen LogP) is 0.995. The maximum atomic E-state index is 12.0. The minimum absolute atomic E-state index is 0.340. The van der Waals surface area contributed by atoms with Gasteiger partial charge in [-0.1, -0.05) is 0 Å². The maximum Gasteiger partial charge on any atom is 0.328 e. The number of rotatable bonds is 5. The number of methoxy groups -OCH3 is 3. The molecule has 0 aliphatic carbocycles. The van der Waals surface area contributed by atoms with Crippen molar-refractivity contribution >= 4 is 11.9 Å². The fraction of sp³-hybridized carbons (Fsp3) is 0.385. The number of ether oxygens (including phenoxy) is 3. The van der Waals surface area contributed by atoms with E-state index in [4.69, 9.17) is 9.47 Å². The minimum Gasteiger partial charge on any atom is -0.497 e. The number of carbonyl (C=O) groups excluding carboxylic acids is 2. The lowest BCUT2D eigenvalue weighted by Crippen LogP contribution is -2.39. The molecule has 0 heterocycles. The third-order valence-electron chi connectivity index (χ3n) is 2.52. The largest absolute Gasteiger partial charge is 0.497 e. The number of hydrogen-bond acceptors (Lipinski definition) is 5. The summed E-state index contributed by atoms with van der Waals surface area (Å²) >= 11 is 0. The Kier molecular flexibility index (Phi) is 5.17. The summed E-state index contributed by atoms with van der Waals surface area (Å²) in [4.78, 5) is 23.2. The highest BCUT2D eigenvalue weighted by molar-refractivity contribution is 5.97. The van der Waals surface area contributed by atoms with Crippen LogP contribution in [-0.2, 0) is 9.53 Å². The van der Waals surface area contributed by atoms with E-state index in [0.717, 1.165) is 0 Å². The van der Waals surface area contributed by atoms with Crippen LogP contribution in [-0.4, -0.2) is 39.2 Å². The summed E-state index contributed by atoms with van der Waals surface area (Å²) < 4.78 is 14.7. The fourth-order valence-electron chi connectivity index (χ4n) is 1.45. The van der Waals surface area contributed by atoms with Crippen LogP contribution in [0.25, 0.3) is 0 Å². The highest BCUT2D eigenvalue weighted by Crippen LogP contribution is 2.22. The second-order valence-electron chi connectivity index (χ2n) is 3.82. The highest BCUT2D eigenvalue weighted by atomic mass is 16.5. The third-order valence-corrected chi connectivity index (χ3v) is 2.52. The van der Waals surface area contributed by atoms with Crippen LogP contribution < -0.4 is 14.8 Å². The van der Waals surface area contributed by atoms with Gasteiger partial charge in [-0.25, -0.2) is 4.79 Å². The summed E-state index contributed by atoms with van der Waals surface area (Å²) in [5.74, 6) is 0.0729. The molecule has 1 atom stereocenters. The number of nitrogens with one attached hydrogen (secondary N) is 1. The Morgan fingerprint density at radius 1 is 1.05 bits per heavy atom. The van der Waals surface area contributed by atoms with Gasteiger partial charge in [0, 0.05) is 11.6 Å². The van der Waals surface area contributed by atoms with E-state index >= 15 is 0 Å². The Bertz CT molecular complexity index is 450. The summed E-state index contributed by atoms with van der Waals surface area (Å²) in [7, 11) is 4.25. The van der Waals surface area contributed by atoms with E-state index in [1.807, 2.05) is 0 Å². The first-order valence-corrected chi connectivity index (χ1v) is 5.63. The highest BCUT2D eigenvalue weighted by Gasteiger charge is 2.17. The summed E-state index contributed by atoms with van der Waals surface area (Å²) in [6, 6.07) is 4.04. The third kappa shape index (κ3) is 3.87. The molecule has 6 nitrogen and oxygen atoms in total. The van der Waals surface area contributed by atoms with Crippen LogP contribution in [0.15, 0.2) is 18.2 Å². The Labute approximate surface area is 111 Å². The van der Waals surface area contributed by atoms with Gasteiger partial charge in [0.05, 0.1) is 21.3 Å². The Balaban J connectivity index is 2.90. The van der Waals surface area contributed by atoms with E-state index in [-0.39, 0.29) is 0 Å². The molecule has 1 rings (SSSR count). The van der Waals surface area contributed by atoms with Crippen molar-refractivity contribution in [2.45, 2.75) is 13.0 Å². The van der Waals surface area contributed by atoms with E-state index in [9.17, 15) is 9.59 Å². The molecule has 0 saturated heterocycles. The van der Waals surface area contributed by atoms with Crippen molar-refractivity contribution in [3.63, 3.8) is 0 Å². The molecule has 0 saturated carbocycles. The van der Waals surface area contributed by atoms with Gasteiger partial charge >= 0.3 is 5.97 Å². The van der Waals surface area contributed by atoms with Crippen molar-refractivity contribution in [2.75, 3.05) is 21.3 Å². The molecule has 0 aromatic heterocycles. The molecule has 1 amide bonds. The van der Waals surface area contributed by atoms with Gasteiger partial charge in [0.15, 0.2) is 0 Å². The average molecular weight is 267 g/mol. The van der Waals surface area contributed by atoms with Crippen molar-refractivity contribution in [3.05, 3.63) is 23.8 Å². The molecule has 1 N–H and O–H groups in total. The molecule has 1 aromatic rings.